The molecule has 0 saturated carbocycles. The first-order valence-corrected chi connectivity index (χ1v) is 20.6. The van der Waals surface area contributed by atoms with E-state index < -0.39 is 27.9 Å². The number of nitrogens with zero attached hydrogens (tertiary/aromatic N) is 4. The van der Waals surface area contributed by atoms with E-state index in [4.69, 9.17) is 25.8 Å². The van der Waals surface area contributed by atoms with Crippen LogP contribution in [0.1, 0.15) is 61.5 Å². The molecule has 1 N–H and O–H groups in total. The Morgan fingerprint density at radius 3 is 2.55 bits per heavy atom. The van der Waals surface area contributed by atoms with Gasteiger partial charge in [-0.2, -0.15) is 0 Å². The molecule has 1 unspecified atom stereocenters. The van der Waals surface area contributed by atoms with E-state index in [9.17, 15) is 18.6 Å². The summed E-state index contributed by atoms with van der Waals surface area (Å²) in [5.74, 6) is 0.0953. The molecule has 14 heteroatoms. The number of fused-ring (bicyclic) bond motifs is 3. The molecule has 1 aliphatic carbocycles. The van der Waals surface area contributed by atoms with Gasteiger partial charge in [-0.1, -0.05) is 50.6 Å². The van der Waals surface area contributed by atoms with Gasteiger partial charge in [0.15, 0.2) is 0 Å². The molecule has 3 aliphatic heterocycles. The SMILES string of the molecule is COC(=O)N1CCN(C(=O)NS2(=O)=NC(=O)c3ccc4c(c3)N(C[C@H](C)[C@@H](C)[C@@H](OC)/C=C/C[C@H](C)C2)C[C@@]2(CCCc3cc(Cl)ccc32)CO4)CC1. The lowest BCUT2D eigenvalue weighted by Gasteiger charge is -2.42. The number of hydrogen-bond donors (Lipinski definition) is 1. The van der Waals surface area contributed by atoms with Crippen molar-refractivity contribution in [2.24, 2.45) is 22.1 Å². The second kappa shape index (κ2) is 16.3. The van der Waals surface area contributed by atoms with Crippen molar-refractivity contribution in [3.8, 4) is 5.75 Å². The number of nitrogens with one attached hydrogen (secondary N) is 1. The van der Waals surface area contributed by atoms with Crippen LogP contribution in [0.4, 0.5) is 15.3 Å². The fraction of sp³-hybridized carbons (Fsp3) is 0.564. The number of ether oxygens (including phenoxy) is 3. The fourth-order valence-corrected chi connectivity index (χ4v) is 10.2. The van der Waals surface area contributed by atoms with Crippen molar-refractivity contribution in [2.45, 2.75) is 58.0 Å². The van der Waals surface area contributed by atoms with Crippen LogP contribution in [0.2, 0.25) is 5.02 Å². The molecule has 53 heavy (non-hydrogen) atoms. The lowest BCUT2D eigenvalue weighted by atomic mass is 9.70. The fourth-order valence-electron chi connectivity index (χ4n) is 8.16. The molecule has 2 bridgehead atoms. The lowest BCUT2D eigenvalue weighted by molar-refractivity contribution is 0.0743. The molecule has 6 atom stereocenters. The third-order valence-electron chi connectivity index (χ3n) is 11.3. The Morgan fingerprint density at radius 1 is 1.06 bits per heavy atom. The van der Waals surface area contributed by atoms with E-state index in [-0.39, 0.29) is 66.8 Å². The molecule has 1 spiro atoms. The average molecular weight is 770 g/mol. The van der Waals surface area contributed by atoms with Crippen molar-refractivity contribution >= 4 is 45.2 Å². The van der Waals surface area contributed by atoms with E-state index in [0.717, 1.165) is 30.0 Å². The first kappa shape index (κ1) is 38.9. The number of amides is 4. The van der Waals surface area contributed by atoms with Crippen molar-refractivity contribution < 1.29 is 32.8 Å². The number of halogens is 1. The molecule has 2 aromatic rings. The van der Waals surface area contributed by atoms with Crippen LogP contribution < -0.4 is 14.4 Å². The second-order valence-corrected chi connectivity index (χ2v) is 17.6. The lowest BCUT2D eigenvalue weighted by Crippen LogP contribution is -2.54. The monoisotopic (exact) mass is 769 g/mol. The van der Waals surface area contributed by atoms with E-state index in [1.54, 1.807) is 25.3 Å². The Kier molecular flexibility index (Phi) is 11.9. The summed E-state index contributed by atoms with van der Waals surface area (Å²) in [6, 6.07) is 10.8. The zero-order chi connectivity index (χ0) is 37.9. The highest BCUT2D eigenvalue weighted by atomic mass is 35.5. The number of piperazine rings is 1. The Hall–Kier alpha value is -3.81. The molecule has 6 rings (SSSR count). The summed E-state index contributed by atoms with van der Waals surface area (Å²) in [5.41, 5.74) is 3.21. The Morgan fingerprint density at radius 2 is 1.81 bits per heavy atom. The van der Waals surface area contributed by atoms with E-state index in [0.29, 0.717) is 31.9 Å². The minimum Gasteiger partial charge on any atom is -0.490 e. The quantitative estimate of drug-likeness (QED) is 0.352. The summed E-state index contributed by atoms with van der Waals surface area (Å²) in [4.78, 5) is 44.8. The largest absolute Gasteiger partial charge is 0.490 e. The number of anilines is 1. The first-order valence-electron chi connectivity index (χ1n) is 18.5. The summed E-state index contributed by atoms with van der Waals surface area (Å²) >= 11 is 6.45. The Labute approximate surface area is 318 Å². The molecule has 2 aromatic carbocycles. The van der Waals surface area contributed by atoms with Crippen molar-refractivity contribution in [1.29, 1.82) is 0 Å². The van der Waals surface area contributed by atoms with Gasteiger partial charge in [-0.3, -0.25) is 9.52 Å². The minimum absolute atomic E-state index is 0.0350. The smallest absolute Gasteiger partial charge is 0.409 e. The number of hydrogen-bond acceptors (Lipinski definition) is 8. The highest BCUT2D eigenvalue weighted by molar-refractivity contribution is 7.92. The van der Waals surface area contributed by atoms with Crippen LogP contribution in [0, 0.1) is 17.8 Å². The maximum atomic E-state index is 14.6. The predicted molar refractivity (Wildman–Crippen MR) is 206 cm³/mol. The van der Waals surface area contributed by atoms with Crippen LogP contribution in [0.5, 0.6) is 5.75 Å². The predicted octanol–water partition coefficient (Wildman–Crippen LogP) is 6.31. The minimum atomic E-state index is -3.58. The third-order valence-corrected chi connectivity index (χ3v) is 13.5. The summed E-state index contributed by atoms with van der Waals surface area (Å²) in [6.07, 6.45) is 6.91. The standard InChI is InChI=1S/C39H52ClN5O7S/c1-26-8-6-10-34(50-4)28(3)27(2)22-45-24-39(15-7-9-29-20-31(40)12-13-32(29)39)25-52-35-14-11-30(21-33(35)45)36(46)41-53(49,23-26)42-37(47)43-16-18-44(19-17-43)38(48)51-5/h6,10-14,20-21,26-28,34H,7-9,15-19,22-25H2,1-5H3,(H,41,42,46,47,49)/b10-6+/t26-,27-,28+,34-,39-,53?/m0/s1. The third kappa shape index (κ3) is 8.62. The van der Waals surface area contributed by atoms with Crippen LogP contribution in [0.3, 0.4) is 0 Å². The normalized spacial score (nSPS) is 30.0. The molecule has 0 aromatic heterocycles. The van der Waals surface area contributed by atoms with Crippen molar-refractivity contribution in [1.82, 2.24) is 14.5 Å². The van der Waals surface area contributed by atoms with Crippen molar-refractivity contribution in [3.05, 3.63) is 70.3 Å². The van der Waals surface area contributed by atoms with Crippen LogP contribution in [0.15, 0.2) is 52.9 Å². The van der Waals surface area contributed by atoms with E-state index in [1.807, 2.05) is 19.1 Å². The van der Waals surface area contributed by atoms with Gasteiger partial charge < -0.3 is 28.9 Å². The maximum absolute atomic E-state index is 14.6. The number of allylic oxidation sites excluding steroid dienone is 1. The molecule has 3 heterocycles. The van der Waals surface area contributed by atoms with Gasteiger partial charge in [0, 0.05) is 62.4 Å². The van der Waals surface area contributed by atoms with Crippen LogP contribution >= 0.6 is 11.6 Å². The maximum Gasteiger partial charge on any atom is 0.409 e. The molecular weight excluding hydrogens is 718 g/mol. The molecule has 1 saturated heterocycles. The van der Waals surface area contributed by atoms with Crippen LogP contribution in [-0.2, 0) is 31.2 Å². The number of urea groups is 1. The second-order valence-electron chi connectivity index (χ2n) is 15.1. The molecule has 1 fully saturated rings. The highest BCUT2D eigenvalue weighted by Gasteiger charge is 2.42. The Balaban J connectivity index is 1.37. The van der Waals surface area contributed by atoms with Gasteiger partial charge in [0.25, 0.3) is 5.91 Å². The molecular formula is C39H52ClN5O7S. The highest BCUT2D eigenvalue weighted by Crippen LogP contribution is 2.45. The molecule has 288 valence electrons. The summed E-state index contributed by atoms with van der Waals surface area (Å²) in [5, 5.41) is 0.722. The molecule has 4 aliphatic rings. The topological polar surface area (TPSA) is 130 Å². The molecule has 12 nitrogen and oxygen atoms in total. The zero-order valence-electron chi connectivity index (χ0n) is 31.3. The van der Waals surface area contributed by atoms with E-state index in [2.05, 4.69) is 46.0 Å². The van der Waals surface area contributed by atoms with Gasteiger partial charge in [0.05, 0.1) is 31.3 Å². The van der Waals surface area contributed by atoms with Crippen molar-refractivity contribution in [3.63, 3.8) is 0 Å². The summed E-state index contributed by atoms with van der Waals surface area (Å²) in [7, 11) is -0.547. The van der Waals surface area contributed by atoms with Gasteiger partial charge >= 0.3 is 12.1 Å². The van der Waals surface area contributed by atoms with Gasteiger partial charge in [-0.15, -0.1) is 4.36 Å². The van der Waals surface area contributed by atoms with E-state index in [1.165, 1.54) is 28.0 Å². The number of methoxy groups -OCH3 is 2. The number of carbonyl (C=O) groups is 3. The van der Waals surface area contributed by atoms with Gasteiger partial charge in [0.1, 0.15) is 15.7 Å². The molecule has 4 amide bonds. The summed E-state index contributed by atoms with van der Waals surface area (Å²) < 4.78 is 39.0. The number of rotatable bonds is 2. The molecule has 0 radical (unpaired) electrons. The Bertz CT molecular complexity index is 1860. The van der Waals surface area contributed by atoms with E-state index >= 15 is 0 Å². The summed E-state index contributed by atoms with van der Waals surface area (Å²) in [6.45, 7) is 9.16. The first-order chi connectivity index (χ1) is 25.3. The average Bonchev–Trinajstić information content (AvgIpc) is 3.28. The number of aryl methyl sites for hydroxylation is 1. The van der Waals surface area contributed by atoms with Gasteiger partial charge in [-0.05, 0) is 84.9 Å². The number of benzene rings is 2. The number of carbonyl (C=O) groups excluding carboxylic acids is 3. The van der Waals surface area contributed by atoms with Gasteiger partial charge in [-0.25, -0.2) is 13.8 Å². The van der Waals surface area contributed by atoms with Crippen molar-refractivity contribution in [2.75, 3.05) is 70.7 Å². The van der Waals surface area contributed by atoms with Crippen LogP contribution in [0.25, 0.3) is 0 Å². The van der Waals surface area contributed by atoms with Gasteiger partial charge in [0.2, 0.25) is 0 Å². The van der Waals surface area contributed by atoms with Crippen LogP contribution in [-0.4, -0.2) is 104 Å². The zero-order valence-corrected chi connectivity index (χ0v) is 32.9.